The van der Waals surface area contributed by atoms with Gasteiger partial charge in [0.25, 0.3) is 0 Å². The molecule has 1 unspecified atom stereocenters. The highest BCUT2D eigenvalue weighted by molar-refractivity contribution is 6.03. The van der Waals surface area contributed by atoms with Crippen LogP contribution in [0.2, 0.25) is 0 Å². The predicted molar refractivity (Wildman–Crippen MR) is 109 cm³/mol. The molecule has 1 amide bonds. The molecule has 1 saturated heterocycles. The van der Waals surface area contributed by atoms with Crippen LogP contribution in [0.4, 0.5) is 14.5 Å². The van der Waals surface area contributed by atoms with Gasteiger partial charge in [-0.25, -0.2) is 8.78 Å². The van der Waals surface area contributed by atoms with Crippen LogP contribution < -0.4 is 4.90 Å². The van der Waals surface area contributed by atoms with E-state index >= 15 is 0 Å². The number of phenols is 1. The van der Waals surface area contributed by atoms with Crippen molar-refractivity contribution in [2.24, 2.45) is 5.92 Å². The lowest BCUT2D eigenvalue weighted by atomic mass is 9.78. The molecule has 1 aliphatic rings. The number of halogens is 2. The summed E-state index contributed by atoms with van der Waals surface area (Å²) >= 11 is 0. The van der Waals surface area contributed by atoms with Crippen molar-refractivity contribution in [2.45, 2.75) is 25.0 Å². The summed E-state index contributed by atoms with van der Waals surface area (Å²) in [5, 5.41) is 20.1. The Morgan fingerprint density at radius 2 is 1.43 bits per heavy atom. The highest BCUT2D eigenvalue weighted by Gasteiger charge is 2.48. The second-order valence-electron chi connectivity index (χ2n) is 7.47. The monoisotopic (exact) mass is 409 g/mol. The van der Waals surface area contributed by atoms with E-state index in [4.69, 9.17) is 0 Å². The number of aliphatic hydroxyl groups is 1. The summed E-state index contributed by atoms with van der Waals surface area (Å²) in [5.41, 5.74) is 2.03. The lowest BCUT2D eigenvalue weighted by molar-refractivity contribution is -0.131. The average Bonchev–Trinajstić information content (AvgIpc) is 2.74. The summed E-state index contributed by atoms with van der Waals surface area (Å²) in [7, 11) is 0. The Kier molecular flexibility index (Phi) is 5.50. The zero-order valence-electron chi connectivity index (χ0n) is 16.1. The number of phenolic OH excluding ortho intramolecular Hbond substituents is 1. The third-order valence-electron chi connectivity index (χ3n) is 5.56. The molecule has 0 radical (unpaired) electrons. The Morgan fingerprint density at radius 1 is 0.867 bits per heavy atom. The number of anilines is 1. The van der Waals surface area contributed by atoms with Crippen molar-refractivity contribution in [3.63, 3.8) is 0 Å². The van der Waals surface area contributed by atoms with E-state index < -0.39 is 6.10 Å². The first-order valence-electron chi connectivity index (χ1n) is 9.75. The van der Waals surface area contributed by atoms with Crippen LogP contribution in [0.3, 0.4) is 0 Å². The molecule has 3 aromatic carbocycles. The van der Waals surface area contributed by atoms with Gasteiger partial charge in [0.2, 0.25) is 5.91 Å². The standard InChI is InChI=1S/C24H21F2NO3/c25-17-5-1-15(2-6-17)22(29)14-13-21-23(16-3-11-20(28)12-4-16)27(24(21)30)19-9-7-18(26)8-10-19/h1-12,21-23,28-29H,13-14H2/t21-,22-,23?/m0/s1. The number of carbonyl (C=O) groups excluding carboxylic acids is 1. The minimum Gasteiger partial charge on any atom is -0.508 e. The fourth-order valence-electron chi connectivity index (χ4n) is 3.96. The van der Waals surface area contributed by atoms with E-state index in [1.807, 2.05) is 0 Å². The third kappa shape index (κ3) is 3.91. The Balaban J connectivity index is 1.55. The van der Waals surface area contributed by atoms with Gasteiger partial charge >= 0.3 is 0 Å². The number of carbonyl (C=O) groups is 1. The van der Waals surface area contributed by atoms with Gasteiger partial charge in [0.15, 0.2) is 0 Å². The predicted octanol–water partition coefficient (Wildman–Crippen LogP) is 4.89. The van der Waals surface area contributed by atoms with E-state index in [-0.39, 0.29) is 35.3 Å². The van der Waals surface area contributed by atoms with Crippen LogP contribution >= 0.6 is 0 Å². The molecule has 0 spiro atoms. The van der Waals surface area contributed by atoms with E-state index in [2.05, 4.69) is 0 Å². The molecule has 4 rings (SSSR count). The van der Waals surface area contributed by atoms with Gasteiger partial charge in [-0.3, -0.25) is 4.79 Å². The number of hydrogen-bond donors (Lipinski definition) is 2. The minimum atomic E-state index is -0.807. The Labute approximate surface area is 173 Å². The second kappa shape index (κ2) is 8.24. The van der Waals surface area contributed by atoms with Crippen molar-refractivity contribution < 1.29 is 23.8 Å². The van der Waals surface area contributed by atoms with E-state index in [1.54, 1.807) is 41.3 Å². The maximum absolute atomic E-state index is 13.3. The summed E-state index contributed by atoms with van der Waals surface area (Å²) in [5.74, 6) is -1.10. The molecule has 6 heteroatoms. The number of hydrogen-bond acceptors (Lipinski definition) is 3. The summed E-state index contributed by atoms with van der Waals surface area (Å²) in [4.78, 5) is 14.6. The molecule has 0 saturated carbocycles. The van der Waals surface area contributed by atoms with Crippen LogP contribution in [-0.4, -0.2) is 16.1 Å². The smallest absolute Gasteiger partial charge is 0.233 e. The summed E-state index contributed by atoms with van der Waals surface area (Å²) in [6, 6.07) is 17.7. The van der Waals surface area contributed by atoms with Gasteiger partial charge in [-0.05, 0) is 72.5 Å². The number of aromatic hydroxyl groups is 1. The van der Waals surface area contributed by atoms with Gasteiger partial charge in [-0.2, -0.15) is 0 Å². The normalized spacial score (nSPS) is 19.4. The van der Waals surface area contributed by atoms with Crippen LogP contribution in [0, 0.1) is 17.6 Å². The molecule has 4 nitrogen and oxygen atoms in total. The third-order valence-corrected chi connectivity index (χ3v) is 5.56. The summed E-state index contributed by atoms with van der Waals surface area (Å²) < 4.78 is 26.4. The number of aliphatic hydroxyl groups excluding tert-OH is 1. The zero-order valence-corrected chi connectivity index (χ0v) is 16.1. The Bertz CT molecular complexity index is 1020. The SMILES string of the molecule is O=C1[C@@H](CC[C@H](O)c2ccc(F)cc2)C(c2ccc(O)cc2)N1c1ccc(F)cc1. The fraction of sp³-hybridized carbons (Fsp3) is 0.208. The van der Waals surface area contributed by atoms with Crippen LogP contribution in [0.15, 0.2) is 72.8 Å². The van der Waals surface area contributed by atoms with Crippen LogP contribution in [0.1, 0.15) is 36.1 Å². The molecule has 154 valence electrons. The van der Waals surface area contributed by atoms with Crippen molar-refractivity contribution in [1.29, 1.82) is 0 Å². The van der Waals surface area contributed by atoms with Crippen molar-refractivity contribution in [2.75, 3.05) is 4.90 Å². The van der Waals surface area contributed by atoms with Crippen LogP contribution in [-0.2, 0) is 4.79 Å². The van der Waals surface area contributed by atoms with Crippen molar-refractivity contribution in [1.82, 2.24) is 0 Å². The molecule has 2 N–H and O–H groups in total. The number of amides is 1. The van der Waals surface area contributed by atoms with E-state index in [0.29, 0.717) is 24.1 Å². The molecule has 1 heterocycles. The van der Waals surface area contributed by atoms with Crippen molar-refractivity contribution in [3.05, 3.63) is 95.6 Å². The minimum absolute atomic E-state index is 0.106. The molecule has 1 fully saturated rings. The molecule has 3 aromatic rings. The van der Waals surface area contributed by atoms with E-state index in [1.165, 1.54) is 36.4 Å². The molecule has 0 aliphatic carbocycles. The van der Waals surface area contributed by atoms with Gasteiger partial charge in [-0.1, -0.05) is 24.3 Å². The van der Waals surface area contributed by atoms with Crippen molar-refractivity contribution in [3.8, 4) is 5.75 Å². The first-order chi connectivity index (χ1) is 14.4. The van der Waals surface area contributed by atoms with Gasteiger partial charge in [-0.15, -0.1) is 0 Å². The van der Waals surface area contributed by atoms with E-state index in [0.717, 1.165) is 5.56 Å². The van der Waals surface area contributed by atoms with Gasteiger partial charge in [0, 0.05) is 5.69 Å². The summed E-state index contributed by atoms with van der Waals surface area (Å²) in [6.45, 7) is 0. The molecule has 0 bridgehead atoms. The number of rotatable bonds is 6. The lowest BCUT2D eigenvalue weighted by Crippen LogP contribution is -2.55. The number of β-lactam (4-membered cyclic amide) rings is 1. The van der Waals surface area contributed by atoms with E-state index in [9.17, 15) is 23.8 Å². The quantitative estimate of drug-likeness (QED) is 0.570. The first-order valence-corrected chi connectivity index (χ1v) is 9.75. The molecule has 3 atom stereocenters. The maximum Gasteiger partial charge on any atom is 0.233 e. The van der Waals surface area contributed by atoms with Crippen LogP contribution in [0.25, 0.3) is 0 Å². The molecular formula is C24H21F2NO3. The fourth-order valence-corrected chi connectivity index (χ4v) is 3.96. The molecule has 1 aliphatic heterocycles. The average molecular weight is 409 g/mol. The highest BCUT2D eigenvalue weighted by Crippen LogP contribution is 2.46. The van der Waals surface area contributed by atoms with Crippen molar-refractivity contribution >= 4 is 11.6 Å². The molecule has 0 aromatic heterocycles. The summed E-state index contributed by atoms with van der Waals surface area (Å²) in [6.07, 6.45) is -0.0344. The Morgan fingerprint density at radius 3 is 2.03 bits per heavy atom. The molecule has 30 heavy (non-hydrogen) atoms. The zero-order chi connectivity index (χ0) is 21.3. The van der Waals surface area contributed by atoms with Gasteiger partial charge < -0.3 is 15.1 Å². The Hall–Kier alpha value is -3.25. The van der Waals surface area contributed by atoms with Gasteiger partial charge in [0.1, 0.15) is 17.4 Å². The van der Waals surface area contributed by atoms with Crippen LogP contribution in [0.5, 0.6) is 5.75 Å². The first kappa shape index (κ1) is 20.0. The topological polar surface area (TPSA) is 60.8 Å². The number of nitrogens with zero attached hydrogens (tertiary/aromatic N) is 1. The highest BCUT2D eigenvalue weighted by atomic mass is 19.1. The lowest BCUT2D eigenvalue weighted by Gasteiger charge is -2.48. The largest absolute Gasteiger partial charge is 0.508 e. The van der Waals surface area contributed by atoms with Gasteiger partial charge in [0.05, 0.1) is 18.1 Å². The number of benzene rings is 3. The maximum atomic E-state index is 13.3. The molecular weight excluding hydrogens is 388 g/mol. The second-order valence-corrected chi connectivity index (χ2v) is 7.47.